The van der Waals surface area contributed by atoms with Crippen molar-refractivity contribution < 1.29 is 4.79 Å². The van der Waals surface area contributed by atoms with Gasteiger partial charge >= 0.3 is 0 Å². The molecular formula is C7H12IO. The van der Waals surface area contributed by atoms with Crippen LogP contribution in [0.15, 0.2) is 0 Å². The van der Waals surface area contributed by atoms with Crippen molar-refractivity contribution in [1.29, 1.82) is 0 Å². The molecule has 2 heteroatoms. The normalized spacial score (nSPS) is 9.44. The van der Waals surface area contributed by atoms with Gasteiger partial charge in [-0.05, 0) is 17.3 Å². The first kappa shape index (κ1) is 9.40. The molecule has 0 fully saturated rings. The van der Waals surface area contributed by atoms with Crippen LogP contribution >= 0.6 is 22.6 Å². The lowest BCUT2D eigenvalue weighted by molar-refractivity contribution is 0.545. The van der Waals surface area contributed by atoms with E-state index in [2.05, 4.69) is 22.6 Å². The van der Waals surface area contributed by atoms with Crippen LogP contribution in [-0.2, 0) is 4.79 Å². The summed E-state index contributed by atoms with van der Waals surface area (Å²) < 4.78 is 1.24. The fourth-order valence-corrected chi connectivity index (χ4v) is 1.18. The largest absolute Gasteiger partial charge is 0.291 e. The molecule has 0 heterocycles. The zero-order valence-electron chi connectivity index (χ0n) is 5.53. The van der Waals surface area contributed by atoms with E-state index in [0.717, 1.165) is 6.42 Å². The molecule has 0 aromatic carbocycles. The molecule has 53 valence electrons. The second-order valence-electron chi connectivity index (χ2n) is 2.00. The van der Waals surface area contributed by atoms with Crippen LogP contribution in [-0.4, -0.2) is 10.7 Å². The number of halogens is 1. The van der Waals surface area contributed by atoms with E-state index < -0.39 is 0 Å². The molecule has 0 aromatic heterocycles. The lowest BCUT2D eigenvalue weighted by Crippen LogP contribution is -1.79. The van der Waals surface area contributed by atoms with Crippen LogP contribution in [0.2, 0.25) is 0 Å². The Labute approximate surface area is 70.4 Å². The topological polar surface area (TPSA) is 17.1 Å². The molecule has 0 bridgehead atoms. The van der Waals surface area contributed by atoms with Crippen LogP contribution in [0.5, 0.6) is 0 Å². The van der Waals surface area contributed by atoms with Gasteiger partial charge < -0.3 is 0 Å². The molecule has 0 N–H and O–H groups in total. The van der Waals surface area contributed by atoms with Gasteiger partial charge in [-0.1, -0.05) is 35.4 Å². The lowest BCUT2D eigenvalue weighted by atomic mass is 10.2. The minimum atomic E-state index is 0.626. The van der Waals surface area contributed by atoms with Gasteiger partial charge in [0.1, 0.15) is 0 Å². The fraction of sp³-hybridized carbons (Fsp3) is 0.857. The molecular weight excluding hydrogens is 227 g/mol. The summed E-state index contributed by atoms with van der Waals surface area (Å²) in [4.78, 5) is 9.71. The maximum Gasteiger partial charge on any atom is 0.198 e. The number of rotatable bonds is 6. The van der Waals surface area contributed by atoms with Crippen LogP contribution in [0.1, 0.15) is 32.1 Å². The molecule has 0 aromatic rings. The lowest BCUT2D eigenvalue weighted by Gasteiger charge is -1.92. The number of hydrogen-bond donors (Lipinski definition) is 0. The Morgan fingerprint density at radius 1 is 1.11 bits per heavy atom. The molecule has 0 saturated heterocycles. The average Bonchev–Trinajstić information content (AvgIpc) is 1.89. The second kappa shape index (κ2) is 8.40. The molecule has 0 aliphatic heterocycles. The van der Waals surface area contributed by atoms with Gasteiger partial charge in [-0.15, -0.1) is 0 Å². The number of alkyl halides is 1. The van der Waals surface area contributed by atoms with E-state index in [-0.39, 0.29) is 0 Å². The highest BCUT2D eigenvalue weighted by molar-refractivity contribution is 14.1. The number of hydrogen-bond acceptors (Lipinski definition) is 1. The molecule has 0 amide bonds. The van der Waals surface area contributed by atoms with E-state index in [9.17, 15) is 4.79 Å². The van der Waals surface area contributed by atoms with Crippen molar-refractivity contribution in [3.8, 4) is 0 Å². The van der Waals surface area contributed by atoms with Crippen LogP contribution in [0.4, 0.5) is 0 Å². The highest BCUT2D eigenvalue weighted by atomic mass is 127. The quantitative estimate of drug-likeness (QED) is 0.395. The summed E-state index contributed by atoms with van der Waals surface area (Å²) in [6, 6.07) is 0. The monoisotopic (exact) mass is 239 g/mol. The summed E-state index contributed by atoms with van der Waals surface area (Å²) in [6.45, 7) is 0. The average molecular weight is 239 g/mol. The maximum absolute atomic E-state index is 9.71. The molecule has 0 rings (SSSR count). The predicted octanol–water partition coefficient (Wildman–Crippen LogP) is 2.48. The Hall–Kier alpha value is 0.400. The first-order valence-electron chi connectivity index (χ1n) is 3.32. The van der Waals surface area contributed by atoms with Crippen LogP contribution < -0.4 is 0 Å². The summed E-state index contributed by atoms with van der Waals surface area (Å²) >= 11 is 2.37. The smallest absolute Gasteiger partial charge is 0.198 e. The Kier molecular flexibility index (Phi) is 8.77. The second-order valence-corrected chi connectivity index (χ2v) is 3.08. The molecule has 9 heavy (non-hydrogen) atoms. The minimum absolute atomic E-state index is 0.626. The molecule has 1 radical (unpaired) electrons. The van der Waals surface area contributed by atoms with E-state index >= 15 is 0 Å². The van der Waals surface area contributed by atoms with Gasteiger partial charge in [0, 0.05) is 6.42 Å². The fourth-order valence-electron chi connectivity index (χ4n) is 0.645. The van der Waals surface area contributed by atoms with Crippen molar-refractivity contribution in [2.24, 2.45) is 0 Å². The van der Waals surface area contributed by atoms with Crippen molar-refractivity contribution in [3.05, 3.63) is 0 Å². The van der Waals surface area contributed by atoms with E-state index in [1.807, 2.05) is 6.29 Å². The van der Waals surface area contributed by atoms with Crippen molar-refractivity contribution >= 4 is 28.9 Å². The zero-order valence-corrected chi connectivity index (χ0v) is 7.69. The third-order valence-corrected chi connectivity index (χ3v) is 1.93. The summed E-state index contributed by atoms with van der Waals surface area (Å²) in [5.41, 5.74) is 0. The summed E-state index contributed by atoms with van der Waals surface area (Å²) in [7, 11) is 0. The van der Waals surface area contributed by atoms with E-state index in [4.69, 9.17) is 0 Å². The summed E-state index contributed by atoms with van der Waals surface area (Å²) in [5.74, 6) is 0. The zero-order chi connectivity index (χ0) is 6.95. The van der Waals surface area contributed by atoms with Crippen LogP contribution in [0, 0.1) is 0 Å². The Balaban J connectivity index is 2.66. The molecule has 0 spiro atoms. The van der Waals surface area contributed by atoms with Crippen molar-refractivity contribution in [1.82, 2.24) is 0 Å². The standard InChI is InChI=1S/C7H12IO/c8-6-4-2-1-3-5-7-9/h1-6H2. The third-order valence-electron chi connectivity index (χ3n) is 1.16. The molecule has 0 saturated carbocycles. The van der Waals surface area contributed by atoms with Gasteiger partial charge in [0.15, 0.2) is 6.29 Å². The molecule has 0 aliphatic rings. The van der Waals surface area contributed by atoms with Gasteiger partial charge in [-0.2, -0.15) is 0 Å². The predicted molar refractivity (Wildman–Crippen MR) is 47.7 cm³/mol. The highest BCUT2D eigenvalue weighted by Crippen LogP contribution is 2.02. The maximum atomic E-state index is 9.71. The Bertz CT molecular complexity index is 63.9. The molecule has 0 atom stereocenters. The van der Waals surface area contributed by atoms with E-state index in [0.29, 0.717) is 6.42 Å². The SMILES string of the molecule is O=[C]CCCCCCI. The highest BCUT2D eigenvalue weighted by Gasteiger charge is 1.87. The third kappa shape index (κ3) is 8.40. The van der Waals surface area contributed by atoms with Crippen molar-refractivity contribution in [2.75, 3.05) is 4.43 Å². The molecule has 0 unspecified atom stereocenters. The van der Waals surface area contributed by atoms with Gasteiger partial charge in [-0.3, -0.25) is 4.79 Å². The Morgan fingerprint density at radius 2 is 1.78 bits per heavy atom. The summed E-state index contributed by atoms with van der Waals surface area (Å²) in [6.07, 6.45) is 7.30. The van der Waals surface area contributed by atoms with Crippen molar-refractivity contribution in [2.45, 2.75) is 32.1 Å². The summed E-state index contributed by atoms with van der Waals surface area (Å²) in [5, 5.41) is 0. The van der Waals surface area contributed by atoms with E-state index in [1.54, 1.807) is 0 Å². The number of carbonyl (C=O) groups excluding carboxylic acids is 1. The van der Waals surface area contributed by atoms with Gasteiger partial charge in [0.05, 0.1) is 0 Å². The first-order valence-corrected chi connectivity index (χ1v) is 4.85. The van der Waals surface area contributed by atoms with Crippen molar-refractivity contribution in [3.63, 3.8) is 0 Å². The molecule has 1 nitrogen and oxygen atoms in total. The van der Waals surface area contributed by atoms with E-state index in [1.165, 1.54) is 23.7 Å². The molecule has 0 aliphatic carbocycles. The Morgan fingerprint density at radius 3 is 2.33 bits per heavy atom. The van der Waals surface area contributed by atoms with Gasteiger partial charge in [-0.25, -0.2) is 0 Å². The van der Waals surface area contributed by atoms with Crippen LogP contribution in [0.3, 0.4) is 0 Å². The number of unbranched alkanes of at least 4 members (excludes halogenated alkanes) is 4. The van der Waals surface area contributed by atoms with Crippen LogP contribution in [0.25, 0.3) is 0 Å². The first-order chi connectivity index (χ1) is 4.41. The van der Waals surface area contributed by atoms with Gasteiger partial charge in [0.25, 0.3) is 0 Å². The minimum Gasteiger partial charge on any atom is -0.291 e. The van der Waals surface area contributed by atoms with Gasteiger partial charge in [0.2, 0.25) is 0 Å².